The summed E-state index contributed by atoms with van der Waals surface area (Å²) in [6.07, 6.45) is -2.17. The van der Waals surface area contributed by atoms with Crippen LogP contribution in [-0.4, -0.2) is 85.7 Å². The van der Waals surface area contributed by atoms with Crippen molar-refractivity contribution in [2.24, 2.45) is 0 Å². The van der Waals surface area contributed by atoms with Crippen molar-refractivity contribution in [3.8, 4) is 0 Å². The molecule has 0 saturated carbocycles. The van der Waals surface area contributed by atoms with Crippen LogP contribution < -0.4 is 0 Å². The molecule has 3 rings (SSSR count). The summed E-state index contributed by atoms with van der Waals surface area (Å²) in [5.74, 6) is -2.76. The molecule has 0 unspecified atom stereocenters. The van der Waals surface area contributed by atoms with Crippen molar-refractivity contribution < 1.29 is 32.5 Å². The van der Waals surface area contributed by atoms with Crippen molar-refractivity contribution in [2.75, 3.05) is 40.4 Å². The highest BCUT2D eigenvalue weighted by Crippen LogP contribution is 2.32. The van der Waals surface area contributed by atoms with E-state index in [4.69, 9.17) is 19.4 Å². The molecule has 28 heavy (non-hydrogen) atoms. The number of halogens is 3. The quantitative estimate of drug-likeness (QED) is 0.758. The number of carboxylic acid groups (broad SMARTS) is 1. The molecule has 1 aromatic heterocycles. The molecule has 0 spiro atoms. The number of likely N-dealkylation sites (tertiary alicyclic amines) is 1. The van der Waals surface area contributed by atoms with E-state index < -0.39 is 12.1 Å². The SMILES string of the molecule is CN(C)CCO[C@H]1CN(Cc2cccs2)[C@@H]2CCCO[C@H]12.O=C(O)C(F)(F)F. The molecule has 0 aliphatic carbocycles. The summed E-state index contributed by atoms with van der Waals surface area (Å²) in [4.78, 5) is 15.1. The average molecular weight is 424 g/mol. The van der Waals surface area contributed by atoms with Crippen molar-refractivity contribution in [1.29, 1.82) is 0 Å². The first-order chi connectivity index (χ1) is 13.2. The minimum atomic E-state index is -5.08. The van der Waals surface area contributed by atoms with Crippen LogP contribution in [0.15, 0.2) is 17.5 Å². The first-order valence-corrected chi connectivity index (χ1v) is 10.0. The van der Waals surface area contributed by atoms with Gasteiger partial charge in [-0.15, -0.1) is 11.3 Å². The van der Waals surface area contributed by atoms with Gasteiger partial charge in [0, 0.05) is 37.2 Å². The number of hydrogen-bond acceptors (Lipinski definition) is 6. The van der Waals surface area contributed by atoms with E-state index in [-0.39, 0.29) is 12.2 Å². The molecule has 1 aromatic rings. The molecule has 3 atom stereocenters. The van der Waals surface area contributed by atoms with E-state index in [9.17, 15) is 13.2 Å². The van der Waals surface area contributed by atoms with Crippen molar-refractivity contribution in [3.63, 3.8) is 0 Å². The van der Waals surface area contributed by atoms with Crippen LogP contribution >= 0.6 is 11.3 Å². The Hall–Kier alpha value is -1.20. The number of alkyl halides is 3. The number of hydrogen-bond donors (Lipinski definition) is 1. The van der Waals surface area contributed by atoms with Gasteiger partial charge in [0.15, 0.2) is 0 Å². The third kappa shape index (κ3) is 7.00. The van der Waals surface area contributed by atoms with E-state index in [2.05, 4.69) is 41.4 Å². The number of rotatable bonds is 6. The van der Waals surface area contributed by atoms with Crippen LogP contribution in [0.2, 0.25) is 0 Å². The Labute approximate surface area is 166 Å². The van der Waals surface area contributed by atoms with Crippen LogP contribution in [0.4, 0.5) is 13.2 Å². The Morgan fingerprint density at radius 1 is 1.46 bits per heavy atom. The van der Waals surface area contributed by atoms with Gasteiger partial charge in [0.25, 0.3) is 0 Å². The zero-order chi connectivity index (χ0) is 20.7. The third-order valence-electron chi connectivity index (χ3n) is 4.64. The normalized spacial score (nSPS) is 25.3. The van der Waals surface area contributed by atoms with Gasteiger partial charge in [0.1, 0.15) is 6.10 Å². The van der Waals surface area contributed by atoms with E-state index in [1.807, 2.05) is 11.3 Å². The number of thiophene rings is 1. The van der Waals surface area contributed by atoms with Crippen molar-refractivity contribution >= 4 is 17.3 Å². The topological polar surface area (TPSA) is 62.2 Å². The van der Waals surface area contributed by atoms with Gasteiger partial charge >= 0.3 is 12.1 Å². The second-order valence-electron chi connectivity index (χ2n) is 7.07. The number of carboxylic acids is 1. The van der Waals surface area contributed by atoms with Gasteiger partial charge in [-0.3, -0.25) is 4.90 Å². The Kier molecular flexibility index (Phi) is 8.69. The largest absolute Gasteiger partial charge is 0.490 e. The maximum absolute atomic E-state index is 10.6. The highest BCUT2D eigenvalue weighted by atomic mass is 32.1. The third-order valence-corrected chi connectivity index (χ3v) is 5.50. The van der Waals surface area contributed by atoms with Crippen LogP contribution in [0, 0.1) is 0 Å². The summed E-state index contributed by atoms with van der Waals surface area (Å²) >= 11 is 1.84. The zero-order valence-corrected chi connectivity index (χ0v) is 16.8. The van der Waals surface area contributed by atoms with E-state index >= 15 is 0 Å². The summed E-state index contributed by atoms with van der Waals surface area (Å²) in [7, 11) is 4.17. The predicted octanol–water partition coefficient (Wildman–Crippen LogP) is 2.69. The number of nitrogens with zero attached hydrogens (tertiary/aromatic N) is 2. The second kappa shape index (κ2) is 10.5. The van der Waals surface area contributed by atoms with Crippen LogP contribution in [0.25, 0.3) is 0 Å². The second-order valence-corrected chi connectivity index (χ2v) is 8.10. The summed E-state index contributed by atoms with van der Waals surface area (Å²) < 4.78 is 43.9. The van der Waals surface area contributed by atoms with Gasteiger partial charge in [-0.1, -0.05) is 6.07 Å². The first kappa shape index (κ1) is 23.1. The molecule has 10 heteroatoms. The molecule has 3 heterocycles. The highest BCUT2D eigenvalue weighted by Gasteiger charge is 2.44. The molecule has 2 saturated heterocycles. The lowest BCUT2D eigenvalue weighted by Gasteiger charge is -2.32. The molecule has 2 aliphatic rings. The maximum Gasteiger partial charge on any atom is 0.490 e. The molecule has 0 bridgehead atoms. The van der Waals surface area contributed by atoms with Crippen molar-refractivity contribution in [3.05, 3.63) is 22.4 Å². The molecule has 6 nitrogen and oxygen atoms in total. The standard InChI is InChI=1S/C16H26N2O2S.C2HF3O2/c1-17(2)7-9-19-15-12-18(11-13-5-4-10-21-13)14-6-3-8-20-16(14)15;3-2(4,5)1(6)7/h4-5,10,14-16H,3,6-9,11-12H2,1-2H3;(H,6,7)/t14-,15+,16+;/m1./s1. The van der Waals surface area contributed by atoms with E-state index in [1.165, 1.54) is 17.7 Å². The first-order valence-electron chi connectivity index (χ1n) is 9.13. The molecule has 1 N–H and O–H groups in total. The lowest BCUT2D eigenvalue weighted by atomic mass is 10.0. The van der Waals surface area contributed by atoms with Gasteiger partial charge < -0.3 is 19.5 Å². The number of aliphatic carboxylic acids is 1. The van der Waals surface area contributed by atoms with E-state index in [0.717, 1.165) is 32.8 Å². The Balaban J connectivity index is 0.000000345. The van der Waals surface area contributed by atoms with Gasteiger partial charge in [0.05, 0.1) is 12.7 Å². The summed E-state index contributed by atoms with van der Waals surface area (Å²) in [6, 6.07) is 4.89. The molecule has 2 fully saturated rings. The van der Waals surface area contributed by atoms with Crippen LogP contribution in [-0.2, 0) is 20.8 Å². The summed E-state index contributed by atoms with van der Waals surface area (Å²) in [6.45, 7) is 4.69. The van der Waals surface area contributed by atoms with Gasteiger partial charge in [-0.2, -0.15) is 13.2 Å². The minimum absolute atomic E-state index is 0.232. The molecular weight excluding hydrogens is 397 g/mol. The number of fused-ring (bicyclic) bond motifs is 1. The molecule has 160 valence electrons. The van der Waals surface area contributed by atoms with Crippen LogP contribution in [0.5, 0.6) is 0 Å². The number of carbonyl (C=O) groups is 1. The predicted molar refractivity (Wildman–Crippen MR) is 99.5 cm³/mol. The van der Waals surface area contributed by atoms with E-state index in [1.54, 1.807) is 0 Å². The van der Waals surface area contributed by atoms with Crippen molar-refractivity contribution in [2.45, 2.75) is 43.8 Å². The highest BCUT2D eigenvalue weighted by molar-refractivity contribution is 7.09. The van der Waals surface area contributed by atoms with Gasteiger partial charge in [0.2, 0.25) is 0 Å². The number of likely N-dealkylation sites (N-methyl/N-ethyl adjacent to an activating group) is 1. The maximum atomic E-state index is 10.6. The molecule has 0 amide bonds. The molecule has 0 aromatic carbocycles. The Morgan fingerprint density at radius 3 is 2.75 bits per heavy atom. The lowest BCUT2D eigenvalue weighted by Crippen LogP contribution is -2.42. The monoisotopic (exact) mass is 424 g/mol. The Bertz CT molecular complexity index is 598. The molecular formula is C18H27F3N2O4S. The number of ether oxygens (including phenoxy) is 2. The summed E-state index contributed by atoms with van der Waals surface area (Å²) in [5.41, 5.74) is 0. The summed E-state index contributed by atoms with van der Waals surface area (Å²) in [5, 5.41) is 9.28. The zero-order valence-electron chi connectivity index (χ0n) is 16.0. The molecule has 0 radical (unpaired) electrons. The fraction of sp³-hybridized carbons (Fsp3) is 0.722. The fourth-order valence-corrected chi connectivity index (χ4v) is 4.05. The van der Waals surface area contributed by atoms with Gasteiger partial charge in [-0.05, 0) is 38.4 Å². The van der Waals surface area contributed by atoms with E-state index in [0.29, 0.717) is 6.04 Å². The van der Waals surface area contributed by atoms with Crippen molar-refractivity contribution in [1.82, 2.24) is 9.80 Å². The average Bonchev–Trinajstić information content (AvgIpc) is 3.24. The minimum Gasteiger partial charge on any atom is -0.475 e. The molecule has 2 aliphatic heterocycles. The van der Waals surface area contributed by atoms with Crippen LogP contribution in [0.3, 0.4) is 0 Å². The smallest absolute Gasteiger partial charge is 0.475 e. The van der Waals surface area contributed by atoms with Crippen LogP contribution in [0.1, 0.15) is 17.7 Å². The Morgan fingerprint density at radius 2 is 2.18 bits per heavy atom. The van der Waals surface area contributed by atoms with Gasteiger partial charge in [-0.25, -0.2) is 4.79 Å². The lowest BCUT2D eigenvalue weighted by molar-refractivity contribution is -0.192. The fourth-order valence-electron chi connectivity index (χ4n) is 3.32.